The van der Waals surface area contributed by atoms with Crippen molar-refractivity contribution in [2.24, 2.45) is 0 Å². The van der Waals surface area contributed by atoms with Gasteiger partial charge in [0.15, 0.2) is 0 Å². The molecule has 0 aliphatic carbocycles. The molecule has 0 aromatic heterocycles. The Kier molecular flexibility index (Phi) is 8.98. The molecule has 0 radical (unpaired) electrons. The molecular weight excluding hydrogens is 751 g/mol. The third-order valence-electron chi connectivity index (χ3n) is 4.72. The van der Waals surface area contributed by atoms with E-state index in [0.29, 0.717) is 0 Å². The molecule has 0 atom stereocenters. The summed E-state index contributed by atoms with van der Waals surface area (Å²) in [6.45, 7) is 0. The molecule has 29 heteroatoms. The Morgan fingerprint density at radius 3 is 0.707 bits per heavy atom. The van der Waals surface area contributed by atoms with Crippen LogP contribution in [-0.2, 0) is 0 Å². The minimum absolute atomic E-state index is 8.25. The molecule has 0 fully saturated rings. The van der Waals surface area contributed by atoms with Crippen LogP contribution in [0, 0.1) is 0 Å². The first-order valence-electron chi connectivity index (χ1n) is 8.29. The number of hydrogen-bond donors (Lipinski definition) is 0. The number of hydrogen-bond acceptors (Lipinski definition) is 0. The molecule has 0 bridgehead atoms. The van der Waals surface area contributed by atoms with Gasteiger partial charge >= 0.3 is 205 Å². The molecule has 0 rings (SSSR count). The number of halogens is 28. The summed E-state index contributed by atoms with van der Waals surface area (Å²) >= 11 is -12.6. The number of alkyl halides is 26. The van der Waals surface area contributed by atoms with E-state index in [0.717, 1.165) is 0 Å². The summed E-state index contributed by atoms with van der Waals surface area (Å²) in [7, 11) is 0. The van der Waals surface area contributed by atoms with Crippen LogP contribution in [0.4, 0.5) is 121 Å². The van der Waals surface area contributed by atoms with Gasteiger partial charge in [0.25, 0.3) is 0 Å². The van der Waals surface area contributed by atoms with Gasteiger partial charge in [0.05, 0.1) is 0 Å². The summed E-state index contributed by atoms with van der Waals surface area (Å²) in [6, 6.07) is 0. The van der Waals surface area contributed by atoms with Crippen LogP contribution >= 0.6 is 0 Å². The second-order valence-corrected chi connectivity index (χ2v) is 12.4. The van der Waals surface area contributed by atoms with Gasteiger partial charge in [-0.25, -0.2) is 0 Å². The summed E-state index contributed by atoms with van der Waals surface area (Å²) in [5.74, 6) is -56.4. The van der Waals surface area contributed by atoms with Crippen LogP contribution in [0.2, 0.25) is 0 Å². The number of rotatable bonds is 9. The molecule has 0 aliphatic rings. The second kappa shape index (κ2) is 9.30. The van der Waals surface area contributed by atoms with E-state index >= 15 is 0 Å². The first-order valence-corrected chi connectivity index (χ1v) is 12.0. The molecule has 0 amide bonds. The molecule has 0 heterocycles. The summed E-state index contributed by atoms with van der Waals surface area (Å²) in [4.78, 5) is 0. The maximum atomic E-state index is 13.6. The monoisotopic (exact) mass is 752 g/mol. The van der Waals surface area contributed by atoms with Crippen molar-refractivity contribution < 1.29 is 121 Å². The fraction of sp³-hybridized carbons (Fsp3) is 1.00. The van der Waals surface area contributed by atoms with Gasteiger partial charge in [0, 0.05) is 0 Å². The summed E-state index contributed by atoms with van der Waals surface area (Å²) in [5, 5.41) is 0. The molecule has 0 aliphatic heterocycles. The summed E-state index contributed by atoms with van der Waals surface area (Å²) in [5.41, 5.74) is -9.19. The van der Waals surface area contributed by atoms with Gasteiger partial charge in [-0.2, -0.15) is 0 Å². The zero-order valence-corrected chi connectivity index (χ0v) is 19.2. The molecule has 0 saturated carbocycles. The average molecular weight is 752 g/mol. The van der Waals surface area contributed by atoms with Gasteiger partial charge in [-0.05, 0) is 0 Å². The Balaban J connectivity index is 7.55. The third-order valence-corrected chi connectivity index (χ3v) is 9.35. The SMILES string of the molecule is FC(F)(F)C(F)(F)C(F)(F)C(F)(F)C(F)(F)C(F)(F)C(F)(F)[AsH](F)(F)C(F)(F)C(F)(F)C(F)(C(F)(F)F)C(F)(F)F. The molecule has 41 heavy (non-hydrogen) atoms. The van der Waals surface area contributed by atoms with Gasteiger partial charge in [-0.1, -0.05) is 0 Å². The molecule has 250 valence electrons. The van der Waals surface area contributed by atoms with E-state index in [2.05, 4.69) is 0 Å². The van der Waals surface area contributed by atoms with Crippen LogP contribution in [-0.4, -0.2) is 83.6 Å². The molecule has 0 aromatic rings. The van der Waals surface area contributed by atoms with E-state index in [4.69, 9.17) is 0 Å². The van der Waals surface area contributed by atoms with Crippen molar-refractivity contribution in [2.75, 3.05) is 0 Å². The fourth-order valence-electron chi connectivity index (χ4n) is 2.29. The van der Waals surface area contributed by atoms with Crippen molar-refractivity contribution in [2.45, 2.75) is 69.2 Å². The Morgan fingerprint density at radius 2 is 0.463 bits per heavy atom. The van der Waals surface area contributed by atoms with Crippen LogP contribution in [0.25, 0.3) is 0 Å². The normalized spacial score (nSPS) is 17.7. The van der Waals surface area contributed by atoms with Crippen LogP contribution in [0.1, 0.15) is 0 Å². The zero-order valence-electron chi connectivity index (χ0n) is 17.1. The molecule has 0 N–H and O–H groups in total. The fourth-order valence-corrected chi connectivity index (χ4v) is 5.46. The van der Waals surface area contributed by atoms with E-state index < -0.39 is 83.6 Å². The van der Waals surface area contributed by atoms with E-state index in [1.54, 1.807) is 0 Å². The average Bonchev–Trinajstić information content (AvgIpc) is 2.69. The van der Waals surface area contributed by atoms with Gasteiger partial charge in [-0.3, -0.25) is 0 Å². The van der Waals surface area contributed by atoms with E-state index in [9.17, 15) is 121 Å². The minimum atomic E-state index is -12.6. The maximum absolute atomic E-state index is 13.6. The summed E-state index contributed by atoms with van der Waals surface area (Å²) < 4.78 is 343. The van der Waals surface area contributed by atoms with Crippen molar-refractivity contribution in [3.8, 4) is 0 Å². The van der Waals surface area contributed by atoms with Crippen molar-refractivity contribution in [1.82, 2.24) is 0 Å². The molecule has 0 unspecified atom stereocenters. The molecule has 0 spiro atoms. The van der Waals surface area contributed by atoms with Crippen molar-refractivity contribution in [3.63, 3.8) is 0 Å². The predicted octanol–water partition coefficient (Wildman–Crippen LogP) is 8.66. The first kappa shape index (κ1) is 39.6. The van der Waals surface area contributed by atoms with Gasteiger partial charge in [0.2, 0.25) is 0 Å². The third kappa shape index (κ3) is 4.55. The van der Waals surface area contributed by atoms with Crippen LogP contribution in [0.5, 0.6) is 0 Å². The van der Waals surface area contributed by atoms with Crippen LogP contribution in [0.15, 0.2) is 0 Å². The van der Waals surface area contributed by atoms with E-state index in [1.807, 2.05) is 0 Å². The first-order chi connectivity index (χ1) is 17.0. The van der Waals surface area contributed by atoms with Crippen LogP contribution < -0.4 is 0 Å². The van der Waals surface area contributed by atoms with Gasteiger partial charge < -0.3 is 0 Å². The van der Waals surface area contributed by atoms with Gasteiger partial charge in [0.1, 0.15) is 0 Å². The van der Waals surface area contributed by atoms with Crippen LogP contribution in [0.3, 0.4) is 0 Å². The Morgan fingerprint density at radius 1 is 0.244 bits per heavy atom. The molecular formula is C12HAsF28. The Bertz CT molecular complexity index is 942. The summed E-state index contributed by atoms with van der Waals surface area (Å²) in [6.07, 6.45) is -25.6. The molecule has 0 saturated heterocycles. The van der Waals surface area contributed by atoms with Gasteiger partial charge in [-0.15, -0.1) is 0 Å². The second-order valence-electron chi connectivity index (χ2n) is 7.32. The quantitative estimate of drug-likeness (QED) is 0.164. The molecule has 0 aromatic carbocycles. The standard InChI is InChI=1S/C12HAsF28/c14-1(10(31,32)33,11(34,35)36)2(15,16)8(27,28)13(40,41)9(29,30)6(23,24)4(19,20)3(17,18)5(21,22)7(25,26)12(37,38)39/h13H. The predicted molar refractivity (Wildman–Crippen MR) is 70.9 cm³/mol. The Labute approximate surface area is 206 Å². The zero-order chi connectivity index (χ0) is 34.5. The molecule has 0 nitrogen and oxygen atoms in total. The van der Waals surface area contributed by atoms with E-state index in [-0.39, 0.29) is 0 Å². The van der Waals surface area contributed by atoms with Crippen molar-refractivity contribution in [3.05, 3.63) is 0 Å². The van der Waals surface area contributed by atoms with E-state index in [1.165, 1.54) is 0 Å². The van der Waals surface area contributed by atoms with Crippen molar-refractivity contribution in [1.29, 1.82) is 0 Å². The topological polar surface area (TPSA) is 0 Å². The van der Waals surface area contributed by atoms with Crippen molar-refractivity contribution >= 4 is 14.5 Å². The Hall–Kier alpha value is -1.40.